The standard InChI is InChI=1S/C22H25N3O4/c1-22(2,15-6-7-18-19(10-15)29-13-28-18)12-24-21(27)25-9-8-16-14(11-25)4-3-5-17(16)20(23)26/h3-7,10H,8-9,11-13H2,1-2H3,(H2,23,26)(H,24,27). The second-order valence-electron chi connectivity index (χ2n) is 8.09. The largest absolute Gasteiger partial charge is 0.454 e. The number of nitrogens with two attached hydrogens (primary N) is 1. The minimum atomic E-state index is -0.426. The number of carbonyl (C=O) groups excluding carboxylic acids is 2. The predicted molar refractivity (Wildman–Crippen MR) is 108 cm³/mol. The van der Waals surface area contributed by atoms with Gasteiger partial charge in [0.25, 0.3) is 0 Å². The van der Waals surface area contributed by atoms with Crippen LogP contribution in [0.3, 0.4) is 0 Å². The highest BCUT2D eigenvalue weighted by Gasteiger charge is 2.27. The number of ether oxygens (including phenoxy) is 2. The van der Waals surface area contributed by atoms with Gasteiger partial charge < -0.3 is 25.4 Å². The van der Waals surface area contributed by atoms with Gasteiger partial charge >= 0.3 is 6.03 Å². The van der Waals surface area contributed by atoms with Crippen molar-refractivity contribution in [3.05, 3.63) is 58.7 Å². The fraction of sp³-hybridized carbons (Fsp3) is 0.364. The molecule has 29 heavy (non-hydrogen) atoms. The van der Waals surface area contributed by atoms with Gasteiger partial charge in [0, 0.05) is 30.6 Å². The summed E-state index contributed by atoms with van der Waals surface area (Å²) in [6, 6.07) is 11.2. The number of hydrogen-bond donors (Lipinski definition) is 2. The number of nitrogens with one attached hydrogen (secondary N) is 1. The highest BCUT2D eigenvalue weighted by Crippen LogP contribution is 2.36. The van der Waals surface area contributed by atoms with Crippen LogP contribution >= 0.6 is 0 Å². The van der Waals surface area contributed by atoms with E-state index < -0.39 is 5.91 Å². The predicted octanol–water partition coefficient (Wildman–Crippen LogP) is 2.56. The fourth-order valence-electron chi connectivity index (χ4n) is 3.84. The van der Waals surface area contributed by atoms with E-state index in [0.717, 1.165) is 28.2 Å². The lowest BCUT2D eigenvalue weighted by molar-refractivity contribution is 0.0998. The summed E-state index contributed by atoms with van der Waals surface area (Å²) in [5.74, 6) is 1.06. The Kier molecular flexibility index (Phi) is 4.82. The average molecular weight is 395 g/mol. The Bertz CT molecular complexity index is 971. The molecule has 2 aliphatic heterocycles. The zero-order chi connectivity index (χ0) is 20.6. The van der Waals surface area contributed by atoms with Crippen LogP contribution in [-0.4, -0.2) is 36.7 Å². The third-order valence-electron chi connectivity index (χ3n) is 5.65. The SMILES string of the molecule is CC(C)(CNC(=O)N1CCc2c(cccc2C(N)=O)C1)c1ccc2c(c1)OCO2. The number of carbonyl (C=O) groups is 2. The first kappa shape index (κ1) is 19.1. The Morgan fingerprint density at radius 2 is 1.97 bits per heavy atom. The van der Waals surface area contributed by atoms with Crippen molar-refractivity contribution in [2.24, 2.45) is 5.73 Å². The topological polar surface area (TPSA) is 93.9 Å². The Morgan fingerprint density at radius 3 is 2.76 bits per heavy atom. The number of fused-ring (bicyclic) bond motifs is 2. The molecule has 0 fully saturated rings. The molecular weight excluding hydrogens is 370 g/mol. The molecule has 7 heteroatoms. The van der Waals surface area contributed by atoms with Gasteiger partial charge in [-0.2, -0.15) is 0 Å². The highest BCUT2D eigenvalue weighted by molar-refractivity contribution is 5.94. The zero-order valence-corrected chi connectivity index (χ0v) is 16.7. The van der Waals surface area contributed by atoms with Gasteiger partial charge in [-0.25, -0.2) is 4.79 Å². The highest BCUT2D eigenvalue weighted by atomic mass is 16.7. The van der Waals surface area contributed by atoms with E-state index in [1.54, 1.807) is 11.0 Å². The van der Waals surface area contributed by atoms with E-state index in [4.69, 9.17) is 15.2 Å². The Balaban J connectivity index is 1.41. The first-order valence-corrected chi connectivity index (χ1v) is 9.68. The Labute approximate surface area is 169 Å². The molecule has 0 unspecified atom stereocenters. The maximum absolute atomic E-state index is 12.8. The molecular formula is C22H25N3O4. The van der Waals surface area contributed by atoms with E-state index in [9.17, 15) is 9.59 Å². The molecule has 0 aliphatic carbocycles. The van der Waals surface area contributed by atoms with Gasteiger partial charge in [0.05, 0.1) is 0 Å². The summed E-state index contributed by atoms with van der Waals surface area (Å²) in [7, 11) is 0. The number of hydrogen-bond acceptors (Lipinski definition) is 4. The first-order valence-electron chi connectivity index (χ1n) is 9.68. The van der Waals surface area contributed by atoms with Gasteiger partial charge in [0.2, 0.25) is 12.7 Å². The molecule has 2 aliphatic rings. The third-order valence-corrected chi connectivity index (χ3v) is 5.65. The van der Waals surface area contributed by atoms with Crippen LogP contribution < -0.4 is 20.5 Å². The molecule has 0 aromatic heterocycles. The summed E-state index contributed by atoms with van der Waals surface area (Å²) in [4.78, 5) is 26.2. The molecule has 0 radical (unpaired) electrons. The molecule has 2 aromatic rings. The van der Waals surface area contributed by atoms with Crippen molar-refractivity contribution in [1.29, 1.82) is 0 Å². The van der Waals surface area contributed by atoms with Crippen molar-refractivity contribution in [2.75, 3.05) is 19.9 Å². The number of primary amides is 1. The van der Waals surface area contributed by atoms with Crippen LogP contribution in [0.5, 0.6) is 11.5 Å². The lowest BCUT2D eigenvalue weighted by Crippen LogP contribution is -2.46. The van der Waals surface area contributed by atoms with Crippen LogP contribution in [0.15, 0.2) is 36.4 Å². The minimum Gasteiger partial charge on any atom is -0.454 e. The third kappa shape index (κ3) is 3.72. The molecule has 2 aromatic carbocycles. The van der Waals surface area contributed by atoms with E-state index in [2.05, 4.69) is 19.2 Å². The van der Waals surface area contributed by atoms with Crippen LogP contribution in [0.2, 0.25) is 0 Å². The minimum absolute atomic E-state index is 0.117. The van der Waals surface area contributed by atoms with Crippen molar-refractivity contribution in [2.45, 2.75) is 32.2 Å². The molecule has 3 N–H and O–H groups in total. The zero-order valence-electron chi connectivity index (χ0n) is 16.7. The number of nitrogens with zero attached hydrogens (tertiary/aromatic N) is 1. The van der Waals surface area contributed by atoms with E-state index in [-0.39, 0.29) is 18.2 Å². The van der Waals surface area contributed by atoms with Crippen LogP contribution in [-0.2, 0) is 18.4 Å². The summed E-state index contributed by atoms with van der Waals surface area (Å²) < 4.78 is 10.8. The molecule has 0 saturated heterocycles. The summed E-state index contributed by atoms with van der Waals surface area (Å²) in [5.41, 5.74) is 8.73. The number of urea groups is 1. The molecule has 3 amide bonds. The monoisotopic (exact) mass is 395 g/mol. The Morgan fingerprint density at radius 1 is 1.17 bits per heavy atom. The Hall–Kier alpha value is -3.22. The molecule has 0 saturated carbocycles. The van der Waals surface area contributed by atoms with Crippen molar-refractivity contribution < 1.29 is 19.1 Å². The molecule has 2 heterocycles. The maximum Gasteiger partial charge on any atom is 0.317 e. The van der Waals surface area contributed by atoms with Crippen molar-refractivity contribution in [1.82, 2.24) is 10.2 Å². The van der Waals surface area contributed by atoms with Crippen LogP contribution in [0.4, 0.5) is 4.79 Å². The lowest BCUT2D eigenvalue weighted by Gasteiger charge is -2.32. The fourth-order valence-corrected chi connectivity index (χ4v) is 3.84. The van der Waals surface area contributed by atoms with E-state index in [1.165, 1.54) is 0 Å². The second kappa shape index (κ2) is 7.31. The van der Waals surface area contributed by atoms with E-state index >= 15 is 0 Å². The van der Waals surface area contributed by atoms with Gasteiger partial charge in [-0.05, 0) is 41.3 Å². The van der Waals surface area contributed by atoms with Crippen molar-refractivity contribution in [3.8, 4) is 11.5 Å². The number of rotatable bonds is 4. The van der Waals surface area contributed by atoms with Gasteiger partial charge in [0.15, 0.2) is 11.5 Å². The summed E-state index contributed by atoms with van der Waals surface area (Å²) in [5, 5.41) is 3.05. The molecule has 152 valence electrons. The lowest BCUT2D eigenvalue weighted by atomic mass is 9.84. The van der Waals surface area contributed by atoms with E-state index in [1.807, 2.05) is 30.3 Å². The first-order chi connectivity index (χ1) is 13.8. The van der Waals surface area contributed by atoms with Gasteiger partial charge in [-0.1, -0.05) is 32.0 Å². The average Bonchev–Trinajstić information content (AvgIpc) is 3.19. The number of amides is 3. The summed E-state index contributed by atoms with van der Waals surface area (Å²) in [6.07, 6.45) is 0.618. The van der Waals surface area contributed by atoms with Crippen molar-refractivity contribution >= 4 is 11.9 Å². The van der Waals surface area contributed by atoms with Crippen LogP contribution in [0, 0.1) is 0 Å². The molecule has 0 atom stereocenters. The molecule has 0 spiro atoms. The van der Waals surface area contributed by atoms with Gasteiger partial charge in [-0.15, -0.1) is 0 Å². The van der Waals surface area contributed by atoms with Crippen LogP contribution in [0.1, 0.15) is 40.9 Å². The summed E-state index contributed by atoms with van der Waals surface area (Å²) >= 11 is 0. The molecule has 0 bridgehead atoms. The molecule has 4 rings (SSSR count). The number of benzene rings is 2. The van der Waals surface area contributed by atoms with Gasteiger partial charge in [-0.3, -0.25) is 4.79 Å². The van der Waals surface area contributed by atoms with Gasteiger partial charge in [0.1, 0.15) is 0 Å². The summed E-state index contributed by atoms with van der Waals surface area (Å²) in [6.45, 7) is 5.89. The second-order valence-corrected chi connectivity index (χ2v) is 8.09. The maximum atomic E-state index is 12.8. The quantitative estimate of drug-likeness (QED) is 0.832. The van der Waals surface area contributed by atoms with Crippen molar-refractivity contribution in [3.63, 3.8) is 0 Å². The smallest absolute Gasteiger partial charge is 0.317 e. The van der Waals surface area contributed by atoms with E-state index in [0.29, 0.717) is 31.6 Å². The molecule has 7 nitrogen and oxygen atoms in total. The normalized spacial score (nSPS) is 15.0. The van der Waals surface area contributed by atoms with Crippen LogP contribution in [0.25, 0.3) is 0 Å².